The Morgan fingerprint density at radius 3 is 2.56 bits per heavy atom. The third-order valence-corrected chi connectivity index (χ3v) is 3.42. The van der Waals surface area contributed by atoms with Gasteiger partial charge in [0, 0.05) is 17.2 Å². The van der Waals surface area contributed by atoms with Crippen LogP contribution in [0.25, 0.3) is 0 Å². The summed E-state index contributed by atoms with van der Waals surface area (Å²) >= 11 is 0. The number of nitrogens with zero attached hydrogens (tertiary/aromatic N) is 1. The van der Waals surface area contributed by atoms with E-state index in [2.05, 4.69) is 22.4 Å². The number of aliphatic imine (C=N–C) groups is 1. The number of carbonyl (C=O) groups is 2. The molecule has 0 radical (unpaired) electrons. The zero-order chi connectivity index (χ0) is 20.0. The average Bonchev–Trinajstić information content (AvgIpc) is 2.65. The monoisotopic (exact) mass is 377 g/mol. The summed E-state index contributed by atoms with van der Waals surface area (Å²) in [5, 5.41) is 11.6. The molecule has 6 nitrogen and oxygen atoms in total. The molecule has 0 fully saturated rings. The zero-order valence-electron chi connectivity index (χ0n) is 13.7. The molecular weight excluding hydrogens is 363 g/mol. The van der Waals surface area contributed by atoms with Gasteiger partial charge in [0.25, 0.3) is 11.8 Å². The van der Waals surface area contributed by atoms with Crippen molar-refractivity contribution < 1.29 is 27.9 Å². The van der Waals surface area contributed by atoms with Gasteiger partial charge in [-0.1, -0.05) is 24.3 Å². The predicted octanol–water partition coefficient (Wildman–Crippen LogP) is 1.33. The third-order valence-electron chi connectivity index (χ3n) is 3.42. The fraction of sp³-hybridized carbons (Fsp3) is 0.167. The van der Waals surface area contributed by atoms with Gasteiger partial charge in [-0.3, -0.25) is 9.59 Å². The van der Waals surface area contributed by atoms with Crippen molar-refractivity contribution in [3.8, 4) is 0 Å². The van der Waals surface area contributed by atoms with Gasteiger partial charge < -0.3 is 16.2 Å². The van der Waals surface area contributed by atoms with Crippen LogP contribution in [0.1, 0.15) is 21.5 Å². The number of rotatable bonds is 5. The predicted molar refractivity (Wildman–Crippen MR) is 89.6 cm³/mol. The Balaban J connectivity index is 2.16. The lowest BCUT2D eigenvalue weighted by atomic mass is 10.1. The highest BCUT2D eigenvalue weighted by Crippen LogP contribution is 2.29. The van der Waals surface area contributed by atoms with Crippen LogP contribution in [-0.2, 0) is 11.0 Å². The van der Waals surface area contributed by atoms with E-state index >= 15 is 0 Å². The van der Waals surface area contributed by atoms with E-state index in [1.54, 1.807) is 0 Å². The SMILES string of the molecule is NC(=NC(=O)[C@H](CO)NC(=O)c1cc#ccc1)c1cccc(C(F)(F)F)c1. The molecule has 0 aromatic heterocycles. The largest absolute Gasteiger partial charge is 0.416 e. The first-order chi connectivity index (χ1) is 12.7. The van der Waals surface area contributed by atoms with Crippen molar-refractivity contribution in [2.45, 2.75) is 12.2 Å². The van der Waals surface area contributed by atoms with E-state index in [-0.39, 0.29) is 11.1 Å². The van der Waals surface area contributed by atoms with Crippen molar-refractivity contribution in [2.75, 3.05) is 6.61 Å². The van der Waals surface area contributed by atoms with Gasteiger partial charge in [0.2, 0.25) is 0 Å². The van der Waals surface area contributed by atoms with Crippen LogP contribution < -0.4 is 11.1 Å². The second-order valence-electron chi connectivity index (χ2n) is 5.34. The molecule has 2 rings (SSSR count). The highest BCUT2D eigenvalue weighted by molar-refractivity contribution is 6.06. The van der Waals surface area contributed by atoms with Gasteiger partial charge in [0.05, 0.1) is 12.2 Å². The topological polar surface area (TPSA) is 105 Å². The molecule has 140 valence electrons. The van der Waals surface area contributed by atoms with E-state index in [1.807, 2.05) is 0 Å². The van der Waals surface area contributed by atoms with Crippen LogP contribution in [0.5, 0.6) is 0 Å². The minimum atomic E-state index is -4.58. The highest BCUT2D eigenvalue weighted by atomic mass is 19.4. The van der Waals surface area contributed by atoms with Crippen LogP contribution in [0.3, 0.4) is 0 Å². The van der Waals surface area contributed by atoms with Crippen LogP contribution >= 0.6 is 0 Å². The number of alkyl halides is 3. The summed E-state index contributed by atoms with van der Waals surface area (Å²) in [5.41, 5.74) is 4.71. The van der Waals surface area contributed by atoms with Gasteiger partial charge in [-0.25, -0.2) is 0 Å². The first-order valence-corrected chi connectivity index (χ1v) is 7.57. The maximum absolute atomic E-state index is 12.7. The summed E-state index contributed by atoms with van der Waals surface area (Å²) in [7, 11) is 0. The van der Waals surface area contributed by atoms with Gasteiger partial charge in [-0.05, 0) is 24.3 Å². The van der Waals surface area contributed by atoms with E-state index in [4.69, 9.17) is 5.73 Å². The van der Waals surface area contributed by atoms with Gasteiger partial charge in [0.15, 0.2) is 0 Å². The second-order valence-corrected chi connectivity index (χ2v) is 5.34. The molecule has 2 amide bonds. The normalized spacial score (nSPS) is 12.8. The van der Waals surface area contributed by atoms with Crippen LogP contribution in [0.15, 0.2) is 47.5 Å². The summed E-state index contributed by atoms with van der Waals surface area (Å²) in [6, 6.07) is 11.9. The van der Waals surface area contributed by atoms with Crippen molar-refractivity contribution in [1.82, 2.24) is 5.32 Å². The molecule has 0 bridgehead atoms. The Morgan fingerprint density at radius 2 is 1.96 bits per heavy atom. The van der Waals surface area contributed by atoms with Crippen LogP contribution in [-0.4, -0.2) is 35.4 Å². The summed E-state index contributed by atoms with van der Waals surface area (Å²) in [6.07, 6.45) is -4.58. The summed E-state index contributed by atoms with van der Waals surface area (Å²) in [4.78, 5) is 27.6. The number of aliphatic hydroxyl groups is 1. The molecule has 0 aliphatic carbocycles. The number of carbonyl (C=O) groups excluding carboxylic acids is 2. The lowest BCUT2D eigenvalue weighted by Crippen LogP contribution is -2.43. The molecule has 27 heavy (non-hydrogen) atoms. The van der Waals surface area contributed by atoms with Crippen molar-refractivity contribution in [3.05, 3.63) is 71.3 Å². The Labute approximate surface area is 152 Å². The lowest BCUT2D eigenvalue weighted by molar-refractivity contribution is -0.137. The fourth-order valence-corrected chi connectivity index (χ4v) is 2.03. The molecule has 0 aliphatic heterocycles. The average molecular weight is 377 g/mol. The maximum Gasteiger partial charge on any atom is 0.416 e. The number of aliphatic hydroxyl groups excluding tert-OH is 1. The number of nitrogens with two attached hydrogens (primary N) is 1. The van der Waals surface area contributed by atoms with Crippen LogP contribution in [0.2, 0.25) is 0 Å². The first kappa shape index (κ1) is 19.9. The van der Waals surface area contributed by atoms with E-state index in [0.717, 1.165) is 18.2 Å². The molecule has 2 aromatic carbocycles. The molecule has 0 spiro atoms. The molecule has 0 saturated carbocycles. The fourth-order valence-electron chi connectivity index (χ4n) is 2.03. The molecule has 0 saturated heterocycles. The zero-order valence-corrected chi connectivity index (χ0v) is 13.7. The second kappa shape index (κ2) is 8.33. The molecular formula is C18H14F3N3O3. The van der Waals surface area contributed by atoms with Crippen molar-refractivity contribution >= 4 is 17.6 Å². The number of benzene rings is 1. The van der Waals surface area contributed by atoms with E-state index < -0.39 is 42.0 Å². The van der Waals surface area contributed by atoms with Gasteiger partial charge in [-0.2, -0.15) is 18.2 Å². The number of amidine groups is 1. The van der Waals surface area contributed by atoms with Gasteiger partial charge >= 0.3 is 6.18 Å². The van der Waals surface area contributed by atoms with Crippen molar-refractivity contribution in [3.63, 3.8) is 0 Å². The Morgan fingerprint density at radius 1 is 1.22 bits per heavy atom. The smallest absolute Gasteiger partial charge is 0.394 e. The Hall–Kier alpha value is -3.38. The number of amides is 2. The minimum absolute atomic E-state index is 0.116. The quantitative estimate of drug-likeness (QED) is 0.540. The third kappa shape index (κ3) is 5.29. The highest BCUT2D eigenvalue weighted by Gasteiger charge is 2.30. The Kier molecular flexibility index (Phi) is 6.15. The number of nitrogens with one attached hydrogen (secondary N) is 1. The summed E-state index contributed by atoms with van der Waals surface area (Å²) in [6.45, 7) is -0.771. The Bertz CT molecular complexity index is 852. The van der Waals surface area contributed by atoms with Gasteiger partial charge in [-0.15, -0.1) is 0 Å². The molecule has 0 heterocycles. The summed E-state index contributed by atoms with van der Waals surface area (Å²) in [5.74, 6) is -2.14. The minimum Gasteiger partial charge on any atom is -0.394 e. The lowest BCUT2D eigenvalue weighted by Gasteiger charge is -2.13. The van der Waals surface area contributed by atoms with Gasteiger partial charge in [0.1, 0.15) is 11.9 Å². The molecule has 0 unspecified atom stereocenters. The van der Waals surface area contributed by atoms with E-state index in [0.29, 0.717) is 0 Å². The molecule has 1 atom stereocenters. The molecule has 0 aliphatic rings. The summed E-state index contributed by atoms with van der Waals surface area (Å²) < 4.78 is 38.2. The van der Waals surface area contributed by atoms with Crippen LogP contribution in [0.4, 0.5) is 13.2 Å². The molecule has 4 N–H and O–H groups in total. The van der Waals surface area contributed by atoms with Crippen molar-refractivity contribution in [1.29, 1.82) is 0 Å². The van der Waals surface area contributed by atoms with E-state index in [1.165, 1.54) is 24.3 Å². The van der Waals surface area contributed by atoms with Crippen molar-refractivity contribution in [2.24, 2.45) is 10.7 Å². The maximum atomic E-state index is 12.7. The number of halogens is 3. The standard InChI is InChI=1S/C18H14F3N3O3/c19-18(20,21)13-8-4-7-12(9-13)15(22)24-17(27)14(10-25)23-16(26)11-5-2-1-3-6-11/h2,4-9,14,25H,10H2,(H,23,26)(H2,22,24,27)/t14-/m0/s1. The molecule has 2 aromatic rings. The number of hydrogen-bond donors (Lipinski definition) is 3. The van der Waals surface area contributed by atoms with Crippen LogP contribution in [0, 0.1) is 12.1 Å². The number of hydrogen-bond acceptors (Lipinski definition) is 3. The molecule has 9 heteroatoms. The van der Waals surface area contributed by atoms with E-state index in [9.17, 15) is 27.9 Å². The first-order valence-electron chi connectivity index (χ1n) is 7.57.